The van der Waals surface area contributed by atoms with Crippen LogP contribution >= 0.6 is 0 Å². The molecule has 6 nitrogen and oxygen atoms in total. The molecule has 2 N–H and O–H groups in total. The quantitative estimate of drug-likeness (QED) is 0.659. The van der Waals surface area contributed by atoms with Gasteiger partial charge in [0, 0.05) is 12.7 Å². The second kappa shape index (κ2) is 6.52. The highest BCUT2D eigenvalue weighted by molar-refractivity contribution is 5.92. The molecule has 1 rings (SSSR count). The summed E-state index contributed by atoms with van der Waals surface area (Å²) in [6, 6.07) is 5.02. The molecule has 16 heavy (non-hydrogen) atoms. The lowest BCUT2D eigenvalue weighted by molar-refractivity contribution is -0.142. The number of hydrogen-bond acceptors (Lipinski definition) is 4. The molecule has 0 fully saturated rings. The monoisotopic (exact) mass is 224 g/mol. The molecule has 0 saturated heterocycles. The largest absolute Gasteiger partial charge is 0.480 e. The Balaban J connectivity index is 2.19. The Morgan fingerprint density at radius 3 is 2.88 bits per heavy atom. The third-order valence-electron chi connectivity index (χ3n) is 1.66. The van der Waals surface area contributed by atoms with Crippen LogP contribution in [0.5, 0.6) is 0 Å². The number of rotatable bonds is 6. The Kier molecular flexibility index (Phi) is 4.94. The van der Waals surface area contributed by atoms with Crippen molar-refractivity contribution < 1.29 is 19.4 Å². The molecule has 86 valence electrons. The summed E-state index contributed by atoms with van der Waals surface area (Å²) in [5.41, 5.74) is 0.320. The van der Waals surface area contributed by atoms with E-state index in [1.54, 1.807) is 18.2 Å². The molecule has 0 saturated carbocycles. The number of nitrogens with zero attached hydrogens (tertiary/aromatic N) is 1. The number of hydrogen-bond donors (Lipinski definition) is 2. The van der Waals surface area contributed by atoms with Crippen LogP contribution < -0.4 is 5.32 Å². The first kappa shape index (κ1) is 12.1. The van der Waals surface area contributed by atoms with Gasteiger partial charge in [-0.1, -0.05) is 6.07 Å². The maximum atomic E-state index is 11.4. The van der Waals surface area contributed by atoms with Gasteiger partial charge < -0.3 is 15.2 Å². The van der Waals surface area contributed by atoms with Crippen molar-refractivity contribution in [1.29, 1.82) is 0 Å². The lowest BCUT2D eigenvalue weighted by Gasteiger charge is -2.04. The predicted octanol–water partition coefficient (Wildman–Crippen LogP) is -0.0874. The van der Waals surface area contributed by atoms with Crippen LogP contribution in [0.1, 0.15) is 10.5 Å². The average Bonchev–Trinajstić information content (AvgIpc) is 2.29. The van der Waals surface area contributed by atoms with E-state index in [4.69, 9.17) is 9.84 Å². The number of pyridine rings is 1. The molecule has 0 unspecified atom stereocenters. The molecule has 1 amide bonds. The smallest absolute Gasteiger partial charge is 0.329 e. The first-order valence-corrected chi connectivity index (χ1v) is 4.69. The van der Waals surface area contributed by atoms with Gasteiger partial charge in [0.25, 0.3) is 5.91 Å². The highest BCUT2D eigenvalue weighted by Crippen LogP contribution is 1.91. The topological polar surface area (TPSA) is 88.5 Å². The molecule has 0 spiro atoms. The Hall–Kier alpha value is -1.95. The number of carboxylic acid groups (broad SMARTS) is 1. The molecule has 1 heterocycles. The van der Waals surface area contributed by atoms with Crippen molar-refractivity contribution in [2.45, 2.75) is 0 Å². The second-order valence-electron chi connectivity index (χ2n) is 2.92. The summed E-state index contributed by atoms with van der Waals surface area (Å²) in [4.78, 5) is 25.4. The molecule has 1 aromatic heterocycles. The van der Waals surface area contributed by atoms with Gasteiger partial charge in [-0.15, -0.1) is 0 Å². The first-order valence-electron chi connectivity index (χ1n) is 4.69. The standard InChI is InChI=1S/C10H12N2O4/c13-9(14)7-16-6-5-12-10(15)8-3-1-2-4-11-8/h1-4H,5-7H2,(H,12,15)(H,13,14). The number of ether oxygens (including phenoxy) is 1. The number of carbonyl (C=O) groups is 2. The summed E-state index contributed by atoms with van der Waals surface area (Å²) >= 11 is 0. The molecule has 0 radical (unpaired) electrons. The maximum Gasteiger partial charge on any atom is 0.329 e. The van der Waals surface area contributed by atoms with Crippen molar-refractivity contribution in [2.75, 3.05) is 19.8 Å². The van der Waals surface area contributed by atoms with E-state index in [2.05, 4.69) is 10.3 Å². The van der Waals surface area contributed by atoms with Gasteiger partial charge >= 0.3 is 5.97 Å². The number of carboxylic acids is 1. The van der Waals surface area contributed by atoms with Crippen LogP contribution in [0.2, 0.25) is 0 Å². The van der Waals surface area contributed by atoms with E-state index in [1.807, 2.05) is 0 Å². The van der Waals surface area contributed by atoms with E-state index in [1.165, 1.54) is 6.20 Å². The molecule has 0 aliphatic rings. The predicted molar refractivity (Wildman–Crippen MR) is 55.0 cm³/mol. The first-order chi connectivity index (χ1) is 7.70. The fourth-order valence-corrected chi connectivity index (χ4v) is 0.984. The van der Waals surface area contributed by atoms with Crippen LogP contribution in [0.4, 0.5) is 0 Å². The lowest BCUT2D eigenvalue weighted by atomic mass is 10.3. The minimum absolute atomic E-state index is 0.158. The van der Waals surface area contributed by atoms with Crippen LogP contribution in [-0.2, 0) is 9.53 Å². The van der Waals surface area contributed by atoms with Gasteiger partial charge in [-0.2, -0.15) is 0 Å². The van der Waals surface area contributed by atoms with Gasteiger partial charge in [-0.3, -0.25) is 9.78 Å². The lowest BCUT2D eigenvalue weighted by Crippen LogP contribution is -2.28. The highest BCUT2D eigenvalue weighted by Gasteiger charge is 2.04. The summed E-state index contributed by atoms with van der Waals surface area (Å²) in [5, 5.41) is 10.8. The van der Waals surface area contributed by atoms with E-state index < -0.39 is 5.97 Å². The van der Waals surface area contributed by atoms with Crippen molar-refractivity contribution in [2.24, 2.45) is 0 Å². The van der Waals surface area contributed by atoms with E-state index in [-0.39, 0.29) is 25.7 Å². The van der Waals surface area contributed by atoms with Gasteiger partial charge in [-0.05, 0) is 12.1 Å². The Morgan fingerprint density at radius 1 is 1.44 bits per heavy atom. The van der Waals surface area contributed by atoms with E-state index >= 15 is 0 Å². The van der Waals surface area contributed by atoms with Crippen molar-refractivity contribution in [3.8, 4) is 0 Å². The zero-order valence-corrected chi connectivity index (χ0v) is 8.55. The van der Waals surface area contributed by atoms with Crippen LogP contribution in [0.3, 0.4) is 0 Å². The molecular weight excluding hydrogens is 212 g/mol. The number of amides is 1. The molecule has 0 bridgehead atoms. The zero-order valence-electron chi connectivity index (χ0n) is 8.55. The van der Waals surface area contributed by atoms with E-state index in [0.29, 0.717) is 5.69 Å². The number of carbonyl (C=O) groups excluding carboxylic acids is 1. The van der Waals surface area contributed by atoms with Crippen molar-refractivity contribution >= 4 is 11.9 Å². The van der Waals surface area contributed by atoms with Gasteiger partial charge in [0.05, 0.1) is 6.61 Å². The van der Waals surface area contributed by atoms with Gasteiger partial charge in [0.2, 0.25) is 0 Å². The Bertz CT molecular complexity index is 353. The maximum absolute atomic E-state index is 11.4. The van der Waals surface area contributed by atoms with E-state index in [9.17, 15) is 9.59 Å². The second-order valence-corrected chi connectivity index (χ2v) is 2.92. The molecule has 0 aliphatic carbocycles. The third-order valence-corrected chi connectivity index (χ3v) is 1.66. The highest BCUT2D eigenvalue weighted by atomic mass is 16.5. The normalized spacial score (nSPS) is 9.75. The summed E-state index contributed by atoms with van der Waals surface area (Å²) in [5.74, 6) is -1.34. The number of nitrogens with one attached hydrogen (secondary N) is 1. The number of aromatic nitrogens is 1. The molecule has 0 atom stereocenters. The van der Waals surface area contributed by atoms with Crippen LogP contribution in [0, 0.1) is 0 Å². The van der Waals surface area contributed by atoms with Crippen molar-refractivity contribution in [3.63, 3.8) is 0 Å². The molecule has 1 aromatic rings. The third kappa shape index (κ3) is 4.52. The van der Waals surface area contributed by atoms with Gasteiger partial charge in [0.1, 0.15) is 12.3 Å². The SMILES string of the molecule is O=C(O)COCCNC(=O)c1ccccn1. The summed E-state index contributed by atoms with van der Waals surface area (Å²) in [6.07, 6.45) is 1.52. The van der Waals surface area contributed by atoms with Crippen LogP contribution in [0.25, 0.3) is 0 Å². The molecule has 0 aromatic carbocycles. The molecule has 6 heteroatoms. The van der Waals surface area contributed by atoms with Crippen molar-refractivity contribution in [3.05, 3.63) is 30.1 Å². The zero-order chi connectivity index (χ0) is 11.8. The van der Waals surface area contributed by atoms with Gasteiger partial charge in [0.15, 0.2) is 0 Å². The fraction of sp³-hybridized carbons (Fsp3) is 0.300. The molecular formula is C10H12N2O4. The minimum Gasteiger partial charge on any atom is -0.480 e. The summed E-state index contributed by atoms with van der Waals surface area (Å²) < 4.78 is 4.75. The fourth-order valence-electron chi connectivity index (χ4n) is 0.984. The average molecular weight is 224 g/mol. The minimum atomic E-state index is -1.03. The van der Waals surface area contributed by atoms with Crippen LogP contribution in [-0.4, -0.2) is 41.7 Å². The summed E-state index contributed by atoms with van der Waals surface area (Å²) in [6.45, 7) is 0.0486. The Morgan fingerprint density at radius 2 is 2.25 bits per heavy atom. The van der Waals surface area contributed by atoms with E-state index in [0.717, 1.165) is 0 Å². The van der Waals surface area contributed by atoms with Gasteiger partial charge in [-0.25, -0.2) is 4.79 Å². The Labute approximate surface area is 92.3 Å². The number of aliphatic carboxylic acids is 1. The summed E-state index contributed by atoms with van der Waals surface area (Å²) in [7, 11) is 0. The van der Waals surface area contributed by atoms with Crippen molar-refractivity contribution in [1.82, 2.24) is 10.3 Å². The van der Waals surface area contributed by atoms with Crippen LogP contribution in [0.15, 0.2) is 24.4 Å². The molecule has 0 aliphatic heterocycles.